The van der Waals surface area contributed by atoms with Crippen LogP contribution in [0.3, 0.4) is 0 Å². The molecule has 0 spiro atoms. The van der Waals surface area contributed by atoms with Crippen LogP contribution in [0.25, 0.3) is 0 Å². The number of carbonyl (C=O) groups is 2. The van der Waals surface area contributed by atoms with E-state index in [-0.39, 0.29) is 23.7 Å². The Bertz CT molecular complexity index is 882. The van der Waals surface area contributed by atoms with Crippen molar-refractivity contribution in [3.63, 3.8) is 0 Å². The summed E-state index contributed by atoms with van der Waals surface area (Å²) >= 11 is 0. The van der Waals surface area contributed by atoms with Gasteiger partial charge in [-0.15, -0.1) is 0 Å². The molecule has 2 amide bonds. The molecule has 3 rings (SSSR count). The minimum Gasteiger partial charge on any atom is -0.497 e. The third-order valence-electron chi connectivity index (χ3n) is 5.49. The highest BCUT2D eigenvalue weighted by Gasteiger charge is 2.41. The van der Waals surface area contributed by atoms with E-state index < -0.39 is 0 Å². The van der Waals surface area contributed by atoms with E-state index in [4.69, 9.17) is 9.47 Å². The summed E-state index contributed by atoms with van der Waals surface area (Å²) in [5.41, 5.74) is 1.53. The second-order valence-corrected chi connectivity index (χ2v) is 8.04. The lowest BCUT2D eigenvalue weighted by molar-refractivity contribution is -0.125. The van der Waals surface area contributed by atoms with Crippen molar-refractivity contribution < 1.29 is 19.1 Å². The number of hydrogen-bond acceptors (Lipinski definition) is 4. The Morgan fingerprint density at radius 1 is 1.07 bits per heavy atom. The van der Waals surface area contributed by atoms with Crippen molar-refractivity contribution in [2.45, 2.75) is 19.8 Å². The van der Waals surface area contributed by atoms with Crippen LogP contribution in [0.5, 0.6) is 11.5 Å². The van der Waals surface area contributed by atoms with Crippen molar-refractivity contribution >= 4 is 11.8 Å². The minimum atomic E-state index is -0.348. The molecule has 0 saturated carbocycles. The van der Waals surface area contributed by atoms with Crippen LogP contribution in [-0.4, -0.2) is 50.6 Å². The molecule has 1 saturated heterocycles. The summed E-state index contributed by atoms with van der Waals surface area (Å²) in [4.78, 5) is 27.9. The Labute approximate surface area is 178 Å². The molecule has 2 aromatic rings. The molecule has 0 radical (unpaired) electrons. The fourth-order valence-electron chi connectivity index (χ4n) is 3.87. The molecule has 1 fully saturated rings. The lowest BCUT2D eigenvalue weighted by Gasteiger charge is -2.21. The molecule has 6 nitrogen and oxygen atoms in total. The molecule has 6 heteroatoms. The first-order chi connectivity index (χ1) is 14.4. The SMILES string of the molecule is COc1ccc([C@H]2CN(C(=O)c3ccccc3)C[C@H]2C(=O)NCC(C)C)c(OC)c1. The Morgan fingerprint density at radius 2 is 1.80 bits per heavy atom. The smallest absolute Gasteiger partial charge is 0.253 e. The second-order valence-electron chi connectivity index (χ2n) is 8.04. The van der Waals surface area contributed by atoms with Crippen LogP contribution in [-0.2, 0) is 4.79 Å². The minimum absolute atomic E-state index is 0.0325. The van der Waals surface area contributed by atoms with Crippen molar-refractivity contribution in [1.82, 2.24) is 10.2 Å². The van der Waals surface area contributed by atoms with Gasteiger partial charge in [-0.3, -0.25) is 9.59 Å². The summed E-state index contributed by atoms with van der Waals surface area (Å²) in [6.45, 7) is 5.55. The largest absolute Gasteiger partial charge is 0.497 e. The van der Waals surface area contributed by atoms with Crippen LogP contribution in [0.2, 0.25) is 0 Å². The Kier molecular flexibility index (Phi) is 6.98. The van der Waals surface area contributed by atoms with Crippen LogP contribution < -0.4 is 14.8 Å². The normalized spacial score (nSPS) is 18.4. The van der Waals surface area contributed by atoms with Crippen LogP contribution in [0.1, 0.15) is 35.7 Å². The number of carbonyl (C=O) groups excluding carboxylic acids is 2. The number of benzene rings is 2. The van der Waals surface area contributed by atoms with Gasteiger partial charge in [-0.25, -0.2) is 0 Å². The van der Waals surface area contributed by atoms with Gasteiger partial charge in [-0.1, -0.05) is 38.1 Å². The third kappa shape index (κ3) is 4.75. The molecule has 1 aliphatic heterocycles. The summed E-state index contributed by atoms with van der Waals surface area (Å²) in [5, 5.41) is 3.04. The first kappa shape index (κ1) is 21.7. The summed E-state index contributed by atoms with van der Waals surface area (Å²) in [6, 6.07) is 14.8. The summed E-state index contributed by atoms with van der Waals surface area (Å²) in [6.07, 6.45) is 0. The topological polar surface area (TPSA) is 67.9 Å². The molecule has 0 aromatic heterocycles. The highest BCUT2D eigenvalue weighted by molar-refractivity contribution is 5.95. The van der Waals surface area contributed by atoms with E-state index >= 15 is 0 Å². The number of amides is 2. The van der Waals surface area contributed by atoms with Gasteiger partial charge >= 0.3 is 0 Å². The number of hydrogen-bond donors (Lipinski definition) is 1. The van der Waals surface area contributed by atoms with Gasteiger partial charge in [-0.2, -0.15) is 0 Å². The summed E-state index contributed by atoms with van der Waals surface area (Å²) in [5.74, 6) is 1.10. The van der Waals surface area contributed by atoms with Gasteiger partial charge in [0.05, 0.1) is 20.1 Å². The van der Waals surface area contributed by atoms with Gasteiger partial charge in [0.15, 0.2) is 0 Å². The van der Waals surface area contributed by atoms with E-state index in [9.17, 15) is 9.59 Å². The maximum absolute atomic E-state index is 13.1. The number of nitrogens with one attached hydrogen (secondary N) is 1. The van der Waals surface area contributed by atoms with Crippen molar-refractivity contribution in [2.24, 2.45) is 11.8 Å². The lowest BCUT2D eigenvalue weighted by Crippen LogP contribution is -2.37. The maximum atomic E-state index is 13.1. The Hall–Kier alpha value is -3.02. The number of likely N-dealkylation sites (tertiary alicyclic amines) is 1. The van der Waals surface area contributed by atoms with E-state index in [2.05, 4.69) is 19.2 Å². The summed E-state index contributed by atoms with van der Waals surface area (Å²) < 4.78 is 10.9. The highest BCUT2D eigenvalue weighted by atomic mass is 16.5. The van der Waals surface area contributed by atoms with Gasteiger partial charge in [0.25, 0.3) is 5.91 Å². The average Bonchev–Trinajstić information content (AvgIpc) is 3.22. The van der Waals surface area contributed by atoms with Crippen molar-refractivity contribution in [2.75, 3.05) is 33.9 Å². The average molecular weight is 411 g/mol. The number of rotatable bonds is 7. The molecule has 0 unspecified atom stereocenters. The molecular weight excluding hydrogens is 380 g/mol. The molecule has 30 heavy (non-hydrogen) atoms. The van der Waals surface area contributed by atoms with E-state index in [0.717, 1.165) is 5.56 Å². The Balaban J connectivity index is 1.91. The third-order valence-corrected chi connectivity index (χ3v) is 5.49. The first-order valence-electron chi connectivity index (χ1n) is 10.3. The van der Waals surface area contributed by atoms with Crippen LogP contribution >= 0.6 is 0 Å². The highest BCUT2D eigenvalue weighted by Crippen LogP contribution is 2.39. The van der Waals surface area contributed by atoms with Gasteiger partial charge in [0.1, 0.15) is 11.5 Å². The molecule has 1 aliphatic rings. The second kappa shape index (κ2) is 9.65. The molecule has 160 valence electrons. The van der Waals surface area contributed by atoms with E-state index in [0.29, 0.717) is 42.6 Å². The van der Waals surface area contributed by atoms with E-state index in [1.165, 1.54) is 0 Å². The zero-order valence-corrected chi connectivity index (χ0v) is 18.1. The maximum Gasteiger partial charge on any atom is 0.253 e. The van der Waals surface area contributed by atoms with E-state index in [1.54, 1.807) is 31.3 Å². The zero-order valence-electron chi connectivity index (χ0n) is 18.1. The van der Waals surface area contributed by atoms with Crippen molar-refractivity contribution in [1.29, 1.82) is 0 Å². The first-order valence-corrected chi connectivity index (χ1v) is 10.3. The predicted octanol–water partition coefficient (Wildman–Crippen LogP) is 3.33. The van der Waals surface area contributed by atoms with Gasteiger partial charge in [0, 0.05) is 42.7 Å². The summed E-state index contributed by atoms with van der Waals surface area (Å²) in [7, 11) is 3.21. The van der Waals surface area contributed by atoms with Crippen LogP contribution in [0, 0.1) is 11.8 Å². The lowest BCUT2D eigenvalue weighted by atomic mass is 9.87. The molecule has 2 aromatic carbocycles. The fraction of sp³-hybridized carbons (Fsp3) is 0.417. The molecular formula is C24H30N2O4. The van der Waals surface area contributed by atoms with Crippen molar-refractivity contribution in [3.8, 4) is 11.5 Å². The molecule has 1 heterocycles. The number of ether oxygens (including phenoxy) is 2. The monoisotopic (exact) mass is 410 g/mol. The number of methoxy groups -OCH3 is 2. The predicted molar refractivity (Wildman–Crippen MR) is 116 cm³/mol. The molecule has 0 aliphatic carbocycles. The van der Waals surface area contributed by atoms with Gasteiger partial charge in [-0.05, 0) is 24.1 Å². The van der Waals surface area contributed by atoms with E-state index in [1.807, 2.05) is 36.4 Å². The van der Waals surface area contributed by atoms with Crippen LogP contribution in [0.4, 0.5) is 0 Å². The Morgan fingerprint density at radius 3 is 2.43 bits per heavy atom. The van der Waals surface area contributed by atoms with Crippen molar-refractivity contribution in [3.05, 3.63) is 59.7 Å². The molecule has 1 N–H and O–H groups in total. The quantitative estimate of drug-likeness (QED) is 0.760. The number of nitrogens with zero attached hydrogens (tertiary/aromatic N) is 1. The molecule has 2 atom stereocenters. The zero-order chi connectivity index (χ0) is 21.7. The molecule has 0 bridgehead atoms. The standard InChI is InChI=1S/C24H30N2O4/c1-16(2)13-25-23(27)21-15-26(24(28)17-8-6-5-7-9-17)14-20(21)19-11-10-18(29-3)12-22(19)30-4/h5-12,16,20-21H,13-15H2,1-4H3,(H,25,27)/t20-,21-/m1/s1. The van der Waals surface area contributed by atoms with Gasteiger partial charge < -0.3 is 19.7 Å². The van der Waals surface area contributed by atoms with Gasteiger partial charge in [0.2, 0.25) is 5.91 Å². The fourth-order valence-corrected chi connectivity index (χ4v) is 3.87. The van der Waals surface area contributed by atoms with Crippen LogP contribution in [0.15, 0.2) is 48.5 Å².